The van der Waals surface area contributed by atoms with Gasteiger partial charge in [-0.3, -0.25) is 10.1 Å². The number of hydrogen-bond donors (Lipinski definition) is 1. The molecule has 7 nitrogen and oxygen atoms in total. The average Bonchev–Trinajstić information content (AvgIpc) is 3.35. The third-order valence-electron chi connectivity index (χ3n) is 4.54. The lowest BCUT2D eigenvalue weighted by molar-refractivity contribution is 0.0463. The quantitative estimate of drug-likeness (QED) is 0.439. The molecule has 0 spiro atoms. The summed E-state index contributed by atoms with van der Waals surface area (Å²) in [5.41, 5.74) is 3.49. The first-order valence-corrected chi connectivity index (χ1v) is 10.7. The van der Waals surface area contributed by atoms with Crippen LogP contribution in [0.2, 0.25) is 0 Å². The first-order chi connectivity index (χ1) is 14.9. The minimum Gasteiger partial charge on any atom is -0.461 e. The molecular formula is C23H22N4O3S. The number of nitrogens with one attached hydrogen (secondary N) is 1. The minimum atomic E-state index is -0.420. The maximum atomic E-state index is 12.7. The third kappa shape index (κ3) is 4.64. The van der Waals surface area contributed by atoms with E-state index < -0.39 is 5.97 Å². The highest BCUT2D eigenvalue weighted by Crippen LogP contribution is 2.25. The molecule has 0 saturated carbocycles. The lowest BCUT2D eigenvalue weighted by Crippen LogP contribution is -2.12. The van der Waals surface area contributed by atoms with Crippen molar-refractivity contribution in [3.05, 3.63) is 71.0 Å². The van der Waals surface area contributed by atoms with Crippen LogP contribution in [-0.4, -0.2) is 32.9 Å². The first-order valence-electron chi connectivity index (χ1n) is 9.91. The number of anilines is 1. The fraction of sp³-hybridized carbons (Fsp3) is 0.217. The molecule has 0 unspecified atom stereocenters. The fourth-order valence-corrected chi connectivity index (χ4v) is 3.84. The number of aryl methyl sites for hydroxylation is 1. The summed E-state index contributed by atoms with van der Waals surface area (Å²) >= 11 is 1.11. The van der Waals surface area contributed by atoms with Gasteiger partial charge in [0.25, 0.3) is 5.91 Å². The summed E-state index contributed by atoms with van der Waals surface area (Å²) in [6.45, 7) is 6.00. The number of thiazole rings is 1. The topological polar surface area (TPSA) is 85.6 Å². The van der Waals surface area contributed by atoms with Gasteiger partial charge in [-0.15, -0.1) is 0 Å². The van der Waals surface area contributed by atoms with E-state index in [1.165, 1.54) is 0 Å². The van der Waals surface area contributed by atoms with Gasteiger partial charge < -0.3 is 9.14 Å². The molecule has 1 N–H and O–H groups in total. The van der Waals surface area contributed by atoms with Crippen molar-refractivity contribution >= 4 is 34.0 Å². The van der Waals surface area contributed by atoms with Gasteiger partial charge in [0, 0.05) is 23.5 Å². The maximum absolute atomic E-state index is 12.7. The Balaban J connectivity index is 1.51. The van der Waals surface area contributed by atoms with Crippen molar-refractivity contribution in [3.8, 4) is 11.3 Å². The molecule has 158 valence electrons. The molecule has 0 aliphatic rings. The first kappa shape index (κ1) is 20.7. The van der Waals surface area contributed by atoms with E-state index >= 15 is 0 Å². The molecule has 4 aromatic rings. The monoisotopic (exact) mass is 434 g/mol. The zero-order valence-electron chi connectivity index (χ0n) is 17.5. The number of aromatic nitrogens is 3. The van der Waals surface area contributed by atoms with Gasteiger partial charge in [-0.2, -0.15) is 0 Å². The summed E-state index contributed by atoms with van der Waals surface area (Å²) in [7, 11) is 0. The standard InChI is InChI=1S/C23H22N4O3S/c1-14(2)13-30-22(29)20-15(3)24-23(31-20)26-21(28)17-9-10-27-12-18(25-19(27)11-17)16-7-5-4-6-8-16/h4-12,14H,13H2,1-3H3,(H,24,26,28). The number of ether oxygens (including phenoxy) is 1. The Labute approximate surface area is 183 Å². The Morgan fingerprint density at radius 3 is 2.68 bits per heavy atom. The van der Waals surface area contributed by atoms with Crippen LogP contribution in [0.1, 0.15) is 39.6 Å². The van der Waals surface area contributed by atoms with E-state index in [9.17, 15) is 9.59 Å². The van der Waals surface area contributed by atoms with Gasteiger partial charge >= 0.3 is 5.97 Å². The Hall–Kier alpha value is -3.52. The highest BCUT2D eigenvalue weighted by molar-refractivity contribution is 7.17. The van der Waals surface area contributed by atoms with Crippen LogP contribution in [0.4, 0.5) is 5.13 Å². The van der Waals surface area contributed by atoms with E-state index in [1.807, 2.05) is 54.8 Å². The third-order valence-corrected chi connectivity index (χ3v) is 5.60. The van der Waals surface area contributed by atoms with Crippen LogP contribution >= 0.6 is 11.3 Å². The van der Waals surface area contributed by atoms with Crippen LogP contribution in [0.5, 0.6) is 0 Å². The van der Waals surface area contributed by atoms with Crippen LogP contribution in [0.3, 0.4) is 0 Å². The van der Waals surface area contributed by atoms with Crippen LogP contribution < -0.4 is 5.32 Å². The zero-order chi connectivity index (χ0) is 22.0. The van der Waals surface area contributed by atoms with Crippen LogP contribution in [-0.2, 0) is 4.74 Å². The number of esters is 1. The second-order valence-corrected chi connectivity index (χ2v) is 8.55. The second-order valence-electron chi connectivity index (χ2n) is 7.55. The van der Waals surface area contributed by atoms with E-state index in [0.29, 0.717) is 33.5 Å². The van der Waals surface area contributed by atoms with Crippen LogP contribution in [0, 0.1) is 12.8 Å². The summed E-state index contributed by atoms with van der Waals surface area (Å²) in [5, 5.41) is 3.12. The van der Waals surface area contributed by atoms with E-state index in [2.05, 4.69) is 15.3 Å². The predicted molar refractivity (Wildman–Crippen MR) is 121 cm³/mol. The molecule has 3 heterocycles. The van der Waals surface area contributed by atoms with Crippen molar-refractivity contribution < 1.29 is 14.3 Å². The van der Waals surface area contributed by atoms with Crippen molar-refractivity contribution in [1.82, 2.24) is 14.4 Å². The van der Waals surface area contributed by atoms with E-state index in [4.69, 9.17) is 4.74 Å². The van der Waals surface area contributed by atoms with Gasteiger partial charge in [-0.25, -0.2) is 14.8 Å². The SMILES string of the molecule is Cc1nc(NC(=O)c2ccn3cc(-c4ccccc4)nc3c2)sc1C(=O)OCC(C)C. The molecule has 0 radical (unpaired) electrons. The summed E-state index contributed by atoms with van der Waals surface area (Å²) in [5.74, 6) is -0.490. The van der Waals surface area contributed by atoms with Crippen LogP contribution in [0.15, 0.2) is 54.9 Å². The Morgan fingerprint density at radius 1 is 1.16 bits per heavy atom. The predicted octanol–water partition coefficient (Wildman–Crippen LogP) is 4.83. The van der Waals surface area contributed by atoms with E-state index in [-0.39, 0.29) is 11.8 Å². The summed E-state index contributed by atoms with van der Waals surface area (Å²) in [6, 6.07) is 13.3. The van der Waals surface area contributed by atoms with Crippen LogP contribution in [0.25, 0.3) is 16.9 Å². The lowest BCUT2D eigenvalue weighted by atomic mass is 10.2. The fourth-order valence-electron chi connectivity index (χ4n) is 2.99. The molecule has 0 aliphatic carbocycles. The van der Waals surface area contributed by atoms with E-state index in [0.717, 1.165) is 22.6 Å². The largest absolute Gasteiger partial charge is 0.461 e. The molecule has 4 rings (SSSR count). The number of pyridine rings is 1. The summed E-state index contributed by atoms with van der Waals surface area (Å²) in [4.78, 5) is 34.3. The molecule has 0 bridgehead atoms. The highest BCUT2D eigenvalue weighted by Gasteiger charge is 2.19. The van der Waals surface area contributed by atoms with Gasteiger partial charge in [0.05, 0.1) is 18.0 Å². The molecule has 3 aromatic heterocycles. The number of hydrogen-bond acceptors (Lipinski definition) is 6. The lowest BCUT2D eigenvalue weighted by Gasteiger charge is -2.05. The Morgan fingerprint density at radius 2 is 1.94 bits per heavy atom. The number of fused-ring (bicyclic) bond motifs is 1. The van der Waals surface area contributed by atoms with Gasteiger partial charge in [0.15, 0.2) is 5.13 Å². The Kier molecular flexibility index (Phi) is 5.81. The minimum absolute atomic E-state index is 0.247. The number of rotatable bonds is 6. The van der Waals surface area contributed by atoms with Crippen molar-refractivity contribution in [2.75, 3.05) is 11.9 Å². The Bertz CT molecular complexity index is 1240. The van der Waals surface area contributed by atoms with Gasteiger partial charge in [0.1, 0.15) is 10.5 Å². The number of amides is 1. The normalized spacial score (nSPS) is 11.1. The highest BCUT2D eigenvalue weighted by atomic mass is 32.1. The van der Waals surface area contributed by atoms with Gasteiger partial charge in [-0.05, 0) is 25.0 Å². The maximum Gasteiger partial charge on any atom is 0.350 e. The smallest absolute Gasteiger partial charge is 0.350 e. The number of nitrogens with zero attached hydrogens (tertiary/aromatic N) is 3. The molecule has 0 fully saturated rings. The molecule has 8 heteroatoms. The van der Waals surface area contributed by atoms with Crippen molar-refractivity contribution in [3.63, 3.8) is 0 Å². The zero-order valence-corrected chi connectivity index (χ0v) is 18.3. The van der Waals surface area contributed by atoms with Crippen molar-refractivity contribution in [1.29, 1.82) is 0 Å². The van der Waals surface area contributed by atoms with Crippen molar-refractivity contribution in [2.45, 2.75) is 20.8 Å². The van der Waals surface area contributed by atoms with Gasteiger partial charge in [0.2, 0.25) is 0 Å². The molecule has 1 amide bonds. The summed E-state index contributed by atoms with van der Waals surface area (Å²) < 4.78 is 7.14. The number of imidazole rings is 1. The van der Waals surface area contributed by atoms with Crippen molar-refractivity contribution in [2.24, 2.45) is 5.92 Å². The van der Waals surface area contributed by atoms with E-state index in [1.54, 1.807) is 25.3 Å². The molecule has 0 aliphatic heterocycles. The molecule has 1 aromatic carbocycles. The number of benzene rings is 1. The molecule has 0 saturated heterocycles. The molecule has 31 heavy (non-hydrogen) atoms. The molecular weight excluding hydrogens is 412 g/mol. The summed E-state index contributed by atoms with van der Waals surface area (Å²) in [6.07, 6.45) is 3.72. The number of carbonyl (C=O) groups is 2. The number of carbonyl (C=O) groups excluding carboxylic acids is 2. The average molecular weight is 435 g/mol. The van der Waals surface area contributed by atoms with Gasteiger partial charge in [-0.1, -0.05) is 55.5 Å². The second kappa shape index (κ2) is 8.69. The molecule has 0 atom stereocenters.